The van der Waals surface area contributed by atoms with E-state index >= 15 is 0 Å². The zero-order valence-electron chi connectivity index (χ0n) is 27.1. The third kappa shape index (κ3) is 9.89. The molecule has 5 rings (SSSR count). The molecule has 0 saturated heterocycles. The number of rotatable bonds is 7. The maximum absolute atomic E-state index is 13.4. The summed E-state index contributed by atoms with van der Waals surface area (Å²) in [5, 5.41) is 6.85. The number of benzene rings is 2. The van der Waals surface area contributed by atoms with E-state index in [9.17, 15) is 19.2 Å². The third-order valence-corrected chi connectivity index (χ3v) is 8.28. The molecule has 3 aromatic rings. The van der Waals surface area contributed by atoms with Crippen molar-refractivity contribution in [3.8, 4) is 5.75 Å². The van der Waals surface area contributed by atoms with Gasteiger partial charge in [0.1, 0.15) is 5.75 Å². The van der Waals surface area contributed by atoms with E-state index in [-0.39, 0.29) is 43.6 Å². The van der Waals surface area contributed by atoms with Crippen molar-refractivity contribution < 1.29 is 28.6 Å². The van der Waals surface area contributed by atoms with E-state index in [0.717, 1.165) is 22.0 Å². The number of amides is 2. The maximum atomic E-state index is 13.4. The fraction of sp³-hybridized carbons (Fsp3) is 0.486. The molecule has 11 heteroatoms. The normalized spacial score (nSPS) is 19.2. The number of aromatic nitrogens is 1. The lowest BCUT2D eigenvalue weighted by Crippen LogP contribution is -2.46. The van der Waals surface area contributed by atoms with Gasteiger partial charge in [0.05, 0.1) is 12.0 Å². The number of H-pyrrole nitrogens is 1. The predicted molar refractivity (Wildman–Crippen MR) is 176 cm³/mol. The molecule has 0 spiro atoms. The molecule has 1 aromatic heterocycles. The van der Waals surface area contributed by atoms with Gasteiger partial charge in [-0.1, -0.05) is 24.3 Å². The summed E-state index contributed by atoms with van der Waals surface area (Å²) in [4.78, 5) is 57.1. The molecule has 1 unspecified atom stereocenters. The van der Waals surface area contributed by atoms with Crippen LogP contribution in [0.3, 0.4) is 0 Å². The van der Waals surface area contributed by atoms with E-state index in [4.69, 9.17) is 14.2 Å². The van der Waals surface area contributed by atoms with Gasteiger partial charge in [-0.2, -0.15) is 0 Å². The molecule has 2 aromatic carbocycles. The van der Waals surface area contributed by atoms with Crippen LogP contribution in [0.25, 0.3) is 10.9 Å². The van der Waals surface area contributed by atoms with Gasteiger partial charge in [0.25, 0.3) is 11.5 Å². The number of ether oxygens (including phenoxy) is 3. The van der Waals surface area contributed by atoms with Crippen LogP contribution in [0.4, 0.5) is 0 Å². The van der Waals surface area contributed by atoms with Crippen molar-refractivity contribution >= 4 is 28.7 Å². The van der Waals surface area contributed by atoms with Gasteiger partial charge in [0, 0.05) is 57.4 Å². The first-order chi connectivity index (χ1) is 22.2. The molecule has 2 bridgehead atoms. The second-order valence-electron chi connectivity index (χ2n) is 11.9. The van der Waals surface area contributed by atoms with E-state index in [1.807, 2.05) is 43.3 Å². The van der Waals surface area contributed by atoms with Crippen molar-refractivity contribution in [1.82, 2.24) is 20.5 Å². The number of nitrogens with one attached hydrogen (secondary N) is 3. The quantitative estimate of drug-likeness (QED) is 0.337. The van der Waals surface area contributed by atoms with Gasteiger partial charge < -0.3 is 29.8 Å². The Hall–Kier alpha value is -4.22. The van der Waals surface area contributed by atoms with E-state index in [1.165, 1.54) is 0 Å². The second kappa shape index (κ2) is 16.9. The Bertz CT molecular complexity index is 1540. The minimum atomic E-state index is -1.04. The van der Waals surface area contributed by atoms with Crippen LogP contribution in [0.5, 0.6) is 5.75 Å². The zero-order valence-corrected chi connectivity index (χ0v) is 27.1. The first-order valence-electron chi connectivity index (χ1n) is 16.0. The summed E-state index contributed by atoms with van der Waals surface area (Å²) in [7, 11) is 1.57. The lowest BCUT2D eigenvalue weighted by Gasteiger charge is -2.32. The molecule has 46 heavy (non-hydrogen) atoms. The predicted octanol–water partition coefficient (Wildman–Crippen LogP) is 3.26. The van der Waals surface area contributed by atoms with Crippen molar-refractivity contribution in [2.24, 2.45) is 5.41 Å². The molecule has 2 aliphatic heterocycles. The number of hydrogen-bond acceptors (Lipinski definition) is 8. The number of methoxy groups -OCH3 is 1. The van der Waals surface area contributed by atoms with Gasteiger partial charge in [-0.3, -0.25) is 24.1 Å². The molecule has 0 fully saturated rings. The van der Waals surface area contributed by atoms with Gasteiger partial charge in [0.2, 0.25) is 5.91 Å². The van der Waals surface area contributed by atoms with Crippen LogP contribution in [-0.2, 0) is 36.8 Å². The number of pyridine rings is 1. The maximum Gasteiger partial charge on any atom is 0.314 e. The first kappa shape index (κ1) is 34.6. The van der Waals surface area contributed by atoms with Gasteiger partial charge >= 0.3 is 5.97 Å². The number of nitrogens with zero attached hydrogens (tertiary/aromatic N) is 1. The summed E-state index contributed by atoms with van der Waals surface area (Å²) in [5.74, 6) is -0.269. The minimum Gasteiger partial charge on any atom is -0.484 e. The zero-order chi connectivity index (χ0) is 32.9. The molecule has 3 N–H and O–H groups in total. The largest absolute Gasteiger partial charge is 0.484 e. The molecule has 3 heterocycles. The van der Waals surface area contributed by atoms with Crippen molar-refractivity contribution in [3.05, 3.63) is 75.6 Å². The first-order valence-corrected chi connectivity index (χ1v) is 16.0. The summed E-state index contributed by atoms with van der Waals surface area (Å²) < 4.78 is 16.5. The number of aromatic amines is 1. The topological polar surface area (TPSA) is 139 Å². The number of carbonyl (C=O) groups is 3. The summed E-state index contributed by atoms with van der Waals surface area (Å²) >= 11 is 0. The van der Waals surface area contributed by atoms with Crippen LogP contribution in [0.1, 0.15) is 49.3 Å². The monoisotopic (exact) mass is 634 g/mol. The molecule has 0 aliphatic carbocycles. The highest BCUT2D eigenvalue weighted by molar-refractivity contribution is 5.81. The third-order valence-electron chi connectivity index (χ3n) is 8.28. The van der Waals surface area contributed by atoms with Gasteiger partial charge in [-0.15, -0.1) is 0 Å². The SMILES string of the molecule is CCOC(=O)C1(CCOC)CNC(=O)CCCN(Cc2cc3ccc(C)cc3[nH]c2=O)CCCNC(=O)COc2ccc(cc2)C1. The molecule has 0 saturated carbocycles. The van der Waals surface area contributed by atoms with Crippen LogP contribution >= 0.6 is 0 Å². The van der Waals surface area contributed by atoms with Crippen LogP contribution in [-0.4, -0.2) is 80.8 Å². The Labute approximate surface area is 270 Å². The van der Waals surface area contributed by atoms with E-state index in [0.29, 0.717) is 69.8 Å². The standard InChI is InChI=1S/C35H46N4O7/c1-4-45-34(43)35(14-18-44-3)21-26-9-12-29(13-10-26)46-23-32(41)36-15-6-17-39(16-5-7-31(40)37-24-35)22-28-20-27-11-8-25(2)19-30(27)38-33(28)42/h8-13,19-20H,4-7,14-18,21-24H2,1-3H3,(H,36,41)(H,37,40)(H,38,42). The molecular formula is C35H46N4O7. The van der Waals surface area contributed by atoms with Gasteiger partial charge in [-0.25, -0.2) is 0 Å². The lowest BCUT2D eigenvalue weighted by atomic mass is 9.78. The van der Waals surface area contributed by atoms with Crippen molar-refractivity contribution in [2.45, 2.75) is 52.5 Å². The van der Waals surface area contributed by atoms with E-state index in [2.05, 4.69) is 20.5 Å². The Kier molecular flexibility index (Phi) is 12.7. The van der Waals surface area contributed by atoms with Crippen LogP contribution in [0.15, 0.2) is 53.3 Å². The van der Waals surface area contributed by atoms with Crippen LogP contribution < -0.4 is 20.9 Å². The summed E-state index contributed by atoms with van der Waals surface area (Å²) in [5.41, 5.74) is 2.17. The average Bonchev–Trinajstić information content (AvgIpc) is 3.04. The number of aryl methyl sites for hydroxylation is 1. The highest BCUT2D eigenvalue weighted by Crippen LogP contribution is 2.30. The van der Waals surface area contributed by atoms with Crippen LogP contribution in [0, 0.1) is 12.3 Å². The fourth-order valence-electron chi connectivity index (χ4n) is 5.70. The molecule has 2 aliphatic rings. The molecule has 11 nitrogen and oxygen atoms in total. The van der Waals surface area contributed by atoms with Gasteiger partial charge in [0.15, 0.2) is 6.61 Å². The molecule has 2 amide bonds. The molecular weight excluding hydrogens is 588 g/mol. The number of esters is 1. The highest BCUT2D eigenvalue weighted by atomic mass is 16.5. The van der Waals surface area contributed by atoms with Gasteiger partial charge in [-0.05, 0) is 86.9 Å². The number of hydrogen-bond donors (Lipinski definition) is 3. The van der Waals surface area contributed by atoms with E-state index in [1.54, 1.807) is 26.2 Å². The molecule has 0 radical (unpaired) electrons. The summed E-state index contributed by atoms with van der Waals surface area (Å²) in [6.07, 6.45) is 2.12. The Morgan fingerprint density at radius 2 is 1.78 bits per heavy atom. The number of fused-ring (bicyclic) bond motifs is 18. The second-order valence-corrected chi connectivity index (χ2v) is 11.9. The number of carbonyl (C=O) groups excluding carboxylic acids is 3. The summed E-state index contributed by atoms with van der Waals surface area (Å²) in [6.45, 7) is 6.26. The van der Waals surface area contributed by atoms with Crippen LogP contribution in [0.2, 0.25) is 0 Å². The molecule has 248 valence electrons. The average molecular weight is 635 g/mol. The fourth-order valence-corrected chi connectivity index (χ4v) is 5.70. The smallest absolute Gasteiger partial charge is 0.314 e. The molecule has 1 atom stereocenters. The minimum absolute atomic E-state index is 0.0993. The highest BCUT2D eigenvalue weighted by Gasteiger charge is 2.40. The van der Waals surface area contributed by atoms with Crippen molar-refractivity contribution in [2.75, 3.05) is 53.1 Å². The Morgan fingerprint density at radius 1 is 1.00 bits per heavy atom. The lowest BCUT2D eigenvalue weighted by molar-refractivity contribution is -0.156. The van der Waals surface area contributed by atoms with Crippen molar-refractivity contribution in [1.29, 1.82) is 0 Å². The Morgan fingerprint density at radius 3 is 2.54 bits per heavy atom. The Balaban J connectivity index is 1.53. The summed E-state index contributed by atoms with van der Waals surface area (Å²) in [6, 6.07) is 15.1. The van der Waals surface area contributed by atoms with E-state index < -0.39 is 11.4 Å². The van der Waals surface area contributed by atoms with Crippen molar-refractivity contribution in [3.63, 3.8) is 0 Å².